The van der Waals surface area contributed by atoms with Crippen LogP contribution in [-0.2, 0) is 16.6 Å². The molecule has 0 bridgehead atoms. The van der Waals surface area contributed by atoms with Crippen molar-refractivity contribution in [3.63, 3.8) is 0 Å². The Morgan fingerprint density at radius 3 is 2.70 bits per heavy atom. The van der Waals surface area contributed by atoms with Crippen molar-refractivity contribution < 1.29 is 17.9 Å². The fraction of sp³-hybridized carbons (Fsp3) is 0.231. The van der Waals surface area contributed by atoms with Crippen molar-refractivity contribution in [1.82, 2.24) is 4.72 Å². The van der Waals surface area contributed by atoms with E-state index in [1.54, 1.807) is 6.92 Å². The zero-order chi connectivity index (χ0) is 14.8. The minimum Gasteiger partial charge on any atom is -0.392 e. The van der Waals surface area contributed by atoms with Crippen molar-refractivity contribution in [2.75, 3.05) is 0 Å². The molecule has 0 saturated carbocycles. The zero-order valence-electron chi connectivity index (χ0n) is 10.7. The summed E-state index contributed by atoms with van der Waals surface area (Å²) in [4.78, 5) is -0.420. The molecule has 0 aliphatic rings. The molecule has 0 aliphatic heterocycles. The molecule has 4 nitrogen and oxygen atoms in total. The highest BCUT2D eigenvalue weighted by atomic mass is 32.2. The van der Waals surface area contributed by atoms with Gasteiger partial charge in [-0.25, -0.2) is 17.5 Å². The van der Waals surface area contributed by atoms with Crippen molar-refractivity contribution in [1.29, 1.82) is 0 Å². The summed E-state index contributed by atoms with van der Waals surface area (Å²) in [7, 11) is -3.94. The number of nitrogens with one attached hydrogen (secondary N) is 1. The minimum atomic E-state index is -3.94. The quantitative estimate of drug-likeness (QED) is 0.890. The summed E-state index contributed by atoms with van der Waals surface area (Å²) in [5.74, 6) is -0.874. The van der Waals surface area contributed by atoms with Crippen molar-refractivity contribution in [3.05, 3.63) is 52.0 Å². The number of aliphatic hydroxyl groups is 1. The molecule has 2 aromatic rings. The summed E-state index contributed by atoms with van der Waals surface area (Å²) in [6, 6.07) is 4.92. The summed E-state index contributed by atoms with van der Waals surface area (Å²) >= 11 is 1.46. The lowest BCUT2D eigenvalue weighted by Gasteiger charge is -2.14. The largest absolute Gasteiger partial charge is 0.392 e. The van der Waals surface area contributed by atoms with Crippen molar-refractivity contribution in [2.45, 2.75) is 24.5 Å². The van der Waals surface area contributed by atoms with Gasteiger partial charge in [0, 0.05) is 6.04 Å². The first kappa shape index (κ1) is 15.1. The lowest BCUT2D eigenvalue weighted by Crippen LogP contribution is -2.27. The van der Waals surface area contributed by atoms with Crippen LogP contribution in [0.5, 0.6) is 0 Å². The second kappa shape index (κ2) is 6.01. The Morgan fingerprint density at radius 1 is 1.40 bits per heavy atom. The number of halogens is 1. The highest BCUT2D eigenvalue weighted by Gasteiger charge is 2.22. The molecule has 1 heterocycles. The van der Waals surface area contributed by atoms with E-state index in [0.717, 1.165) is 17.7 Å². The van der Waals surface area contributed by atoms with Crippen LogP contribution in [-0.4, -0.2) is 13.5 Å². The van der Waals surface area contributed by atoms with Crippen LogP contribution in [0.15, 0.2) is 39.9 Å². The van der Waals surface area contributed by atoms with E-state index in [-0.39, 0.29) is 6.61 Å². The first-order chi connectivity index (χ1) is 9.44. The van der Waals surface area contributed by atoms with Gasteiger partial charge in [-0.3, -0.25) is 0 Å². The molecule has 2 N–H and O–H groups in total. The van der Waals surface area contributed by atoms with Crippen LogP contribution >= 0.6 is 11.3 Å². The van der Waals surface area contributed by atoms with Gasteiger partial charge in [0.15, 0.2) is 0 Å². The number of rotatable bonds is 5. The Bertz CT molecular complexity index is 684. The number of aliphatic hydroxyl groups excluding tert-OH is 1. The summed E-state index contributed by atoms with van der Waals surface area (Å²) in [5.41, 5.74) is 1.15. The molecular formula is C13H14FNO3S2. The average molecular weight is 315 g/mol. The molecule has 0 saturated heterocycles. The van der Waals surface area contributed by atoms with Gasteiger partial charge in [0.05, 0.1) is 6.61 Å². The van der Waals surface area contributed by atoms with E-state index in [2.05, 4.69) is 4.72 Å². The van der Waals surface area contributed by atoms with Gasteiger partial charge >= 0.3 is 0 Å². The van der Waals surface area contributed by atoms with Gasteiger partial charge in [-0.15, -0.1) is 0 Å². The molecule has 108 valence electrons. The van der Waals surface area contributed by atoms with Crippen LogP contribution in [0.4, 0.5) is 4.39 Å². The Morgan fingerprint density at radius 2 is 2.15 bits per heavy atom. The number of benzene rings is 1. The molecule has 1 atom stereocenters. The van der Waals surface area contributed by atoms with Gasteiger partial charge in [0.2, 0.25) is 10.0 Å². The lowest BCUT2D eigenvalue weighted by molar-refractivity contribution is 0.281. The van der Waals surface area contributed by atoms with Gasteiger partial charge in [0.1, 0.15) is 10.7 Å². The zero-order valence-corrected chi connectivity index (χ0v) is 12.3. The van der Waals surface area contributed by atoms with Crippen molar-refractivity contribution >= 4 is 21.4 Å². The number of thiophene rings is 1. The van der Waals surface area contributed by atoms with E-state index in [4.69, 9.17) is 5.11 Å². The monoisotopic (exact) mass is 315 g/mol. The van der Waals surface area contributed by atoms with Crippen LogP contribution in [0, 0.1) is 5.82 Å². The summed E-state index contributed by atoms with van der Waals surface area (Å²) < 4.78 is 40.5. The van der Waals surface area contributed by atoms with Gasteiger partial charge in [-0.1, -0.05) is 6.07 Å². The third-order valence-corrected chi connectivity index (χ3v) is 5.12. The van der Waals surface area contributed by atoms with Gasteiger partial charge < -0.3 is 5.11 Å². The number of hydrogen-bond donors (Lipinski definition) is 2. The smallest absolute Gasteiger partial charge is 0.244 e. The maximum absolute atomic E-state index is 13.8. The van der Waals surface area contributed by atoms with E-state index in [1.807, 2.05) is 16.8 Å². The lowest BCUT2D eigenvalue weighted by atomic mass is 10.2. The first-order valence-corrected chi connectivity index (χ1v) is 8.30. The normalized spacial score (nSPS) is 13.3. The number of hydrogen-bond acceptors (Lipinski definition) is 4. The fourth-order valence-electron chi connectivity index (χ4n) is 1.75. The second-order valence-corrected chi connectivity index (χ2v) is 6.78. The van der Waals surface area contributed by atoms with Gasteiger partial charge in [-0.05, 0) is 47.0 Å². The van der Waals surface area contributed by atoms with Crippen LogP contribution in [0.3, 0.4) is 0 Å². The first-order valence-electron chi connectivity index (χ1n) is 5.88. The summed E-state index contributed by atoms with van der Waals surface area (Å²) in [6.07, 6.45) is 0. The van der Waals surface area contributed by atoms with Gasteiger partial charge in [-0.2, -0.15) is 11.3 Å². The fourth-order valence-corrected chi connectivity index (χ4v) is 3.79. The maximum Gasteiger partial charge on any atom is 0.244 e. The summed E-state index contributed by atoms with van der Waals surface area (Å²) in [5, 5.41) is 12.6. The van der Waals surface area contributed by atoms with E-state index >= 15 is 0 Å². The molecule has 1 aromatic heterocycles. The van der Waals surface area contributed by atoms with E-state index < -0.39 is 26.8 Å². The summed E-state index contributed by atoms with van der Waals surface area (Å²) in [6.45, 7) is 1.36. The third kappa shape index (κ3) is 3.24. The molecule has 0 radical (unpaired) electrons. The SMILES string of the molecule is CC(NS(=O)(=O)c1ccc(CO)cc1F)c1ccsc1. The molecule has 0 spiro atoms. The Hall–Kier alpha value is -1.28. The molecule has 20 heavy (non-hydrogen) atoms. The van der Waals surface area contributed by atoms with Crippen molar-refractivity contribution in [2.24, 2.45) is 0 Å². The molecule has 0 amide bonds. The second-order valence-electron chi connectivity index (χ2n) is 4.32. The van der Waals surface area contributed by atoms with E-state index in [1.165, 1.54) is 17.4 Å². The predicted molar refractivity (Wildman–Crippen MR) is 75.4 cm³/mol. The Balaban J connectivity index is 2.27. The molecule has 1 unspecified atom stereocenters. The Kier molecular flexibility index (Phi) is 4.54. The highest BCUT2D eigenvalue weighted by molar-refractivity contribution is 7.89. The topological polar surface area (TPSA) is 66.4 Å². The molecule has 0 fully saturated rings. The van der Waals surface area contributed by atoms with E-state index in [9.17, 15) is 12.8 Å². The Labute approximate surface area is 120 Å². The average Bonchev–Trinajstić information content (AvgIpc) is 2.91. The molecular weight excluding hydrogens is 301 g/mol. The van der Waals surface area contributed by atoms with Crippen LogP contribution in [0.25, 0.3) is 0 Å². The minimum absolute atomic E-state index is 0.326. The molecule has 7 heteroatoms. The molecule has 0 aliphatic carbocycles. The standard InChI is InChI=1S/C13H14FNO3S2/c1-9(11-4-5-19-8-11)15-20(17,18)13-3-2-10(7-16)6-12(13)14/h2-6,8-9,15-16H,7H2,1H3. The van der Waals surface area contributed by atoms with E-state index in [0.29, 0.717) is 5.56 Å². The molecule has 2 rings (SSSR count). The number of sulfonamides is 1. The molecule has 1 aromatic carbocycles. The van der Waals surface area contributed by atoms with Crippen LogP contribution in [0.1, 0.15) is 24.1 Å². The maximum atomic E-state index is 13.8. The highest BCUT2D eigenvalue weighted by Crippen LogP contribution is 2.21. The third-order valence-electron chi connectivity index (χ3n) is 2.84. The predicted octanol–water partition coefficient (Wildman–Crippen LogP) is 2.42. The van der Waals surface area contributed by atoms with Gasteiger partial charge in [0.25, 0.3) is 0 Å². The van der Waals surface area contributed by atoms with Crippen LogP contribution < -0.4 is 4.72 Å². The van der Waals surface area contributed by atoms with Crippen LogP contribution in [0.2, 0.25) is 0 Å². The van der Waals surface area contributed by atoms with Crippen molar-refractivity contribution in [3.8, 4) is 0 Å².